The zero-order valence-corrected chi connectivity index (χ0v) is 9.70. The molecule has 0 saturated heterocycles. The Kier molecular flexibility index (Phi) is 2.84. The van der Waals surface area contributed by atoms with Crippen LogP contribution in [0.2, 0.25) is 5.02 Å². The van der Waals surface area contributed by atoms with Crippen LogP contribution in [0.4, 0.5) is 0 Å². The van der Waals surface area contributed by atoms with Gasteiger partial charge in [-0.3, -0.25) is 4.98 Å². The third-order valence-corrected chi connectivity index (χ3v) is 2.97. The number of benzene rings is 1. The highest BCUT2D eigenvalue weighted by Gasteiger charge is 2.26. The van der Waals surface area contributed by atoms with Crippen molar-refractivity contribution in [3.8, 4) is 0 Å². The summed E-state index contributed by atoms with van der Waals surface area (Å²) in [6.45, 7) is 1.74. The van der Waals surface area contributed by atoms with Gasteiger partial charge in [-0.2, -0.15) is 0 Å². The number of fused-ring (bicyclic) bond motifs is 1. The molecule has 4 heteroatoms. The second kappa shape index (κ2) is 4.01. The summed E-state index contributed by atoms with van der Waals surface area (Å²) in [7, 11) is 0. The Morgan fingerprint density at radius 3 is 2.88 bits per heavy atom. The van der Waals surface area contributed by atoms with Crippen LogP contribution in [0.5, 0.6) is 0 Å². The number of rotatable bonds is 2. The Morgan fingerprint density at radius 2 is 2.19 bits per heavy atom. The Labute approximate surface area is 98.9 Å². The SMILES string of the molecule is CC(O)(CN)c1c(Cl)ccc2cccnc12. The lowest BCUT2D eigenvalue weighted by Crippen LogP contribution is -2.32. The predicted molar refractivity (Wildman–Crippen MR) is 65.4 cm³/mol. The molecule has 3 nitrogen and oxygen atoms in total. The summed E-state index contributed by atoms with van der Waals surface area (Å²) >= 11 is 6.11. The van der Waals surface area contributed by atoms with Gasteiger partial charge in [0.1, 0.15) is 5.60 Å². The van der Waals surface area contributed by atoms with Crippen molar-refractivity contribution in [2.75, 3.05) is 6.54 Å². The molecule has 84 valence electrons. The van der Waals surface area contributed by atoms with E-state index in [1.165, 1.54) is 0 Å². The van der Waals surface area contributed by atoms with E-state index in [0.29, 0.717) is 16.1 Å². The number of hydrogen-bond acceptors (Lipinski definition) is 3. The maximum atomic E-state index is 10.2. The molecule has 2 rings (SSSR count). The number of aromatic nitrogens is 1. The fraction of sp³-hybridized carbons (Fsp3) is 0.250. The molecule has 1 heterocycles. The van der Waals surface area contributed by atoms with Gasteiger partial charge < -0.3 is 10.8 Å². The summed E-state index contributed by atoms with van der Waals surface area (Å²) in [5, 5.41) is 11.7. The van der Waals surface area contributed by atoms with Crippen LogP contribution < -0.4 is 5.73 Å². The zero-order valence-electron chi connectivity index (χ0n) is 8.94. The number of nitrogens with zero attached hydrogens (tertiary/aromatic N) is 1. The first-order valence-corrected chi connectivity index (χ1v) is 5.40. The van der Waals surface area contributed by atoms with Crippen molar-refractivity contribution in [1.82, 2.24) is 4.98 Å². The first-order valence-electron chi connectivity index (χ1n) is 5.02. The second-order valence-electron chi connectivity index (χ2n) is 3.98. The largest absolute Gasteiger partial charge is 0.384 e. The molecular weight excluding hydrogens is 224 g/mol. The Morgan fingerprint density at radius 1 is 1.44 bits per heavy atom. The molecule has 0 saturated carbocycles. The number of nitrogens with two attached hydrogens (primary N) is 1. The molecular formula is C12H13ClN2O. The van der Waals surface area contributed by atoms with Crippen LogP contribution in [0.15, 0.2) is 30.5 Å². The van der Waals surface area contributed by atoms with Gasteiger partial charge in [-0.15, -0.1) is 0 Å². The van der Waals surface area contributed by atoms with Crippen LogP contribution >= 0.6 is 11.6 Å². The molecule has 0 radical (unpaired) electrons. The smallest absolute Gasteiger partial charge is 0.103 e. The van der Waals surface area contributed by atoms with Crippen LogP contribution in [0.1, 0.15) is 12.5 Å². The molecule has 0 aliphatic rings. The van der Waals surface area contributed by atoms with Crippen molar-refractivity contribution in [2.45, 2.75) is 12.5 Å². The van der Waals surface area contributed by atoms with E-state index < -0.39 is 5.60 Å². The van der Waals surface area contributed by atoms with Crippen molar-refractivity contribution in [1.29, 1.82) is 0 Å². The average Bonchev–Trinajstić information content (AvgIpc) is 2.28. The molecule has 3 N–H and O–H groups in total. The molecule has 0 aliphatic heterocycles. The molecule has 1 atom stereocenters. The van der Waals surface area contributed by atoms with E-state index in [0.717, 1.165) is 5.39 Å². The topological polar surface area (TPSA) is 59.1 Å². The molecule has 0 spiro atoms. The van der Waals surface area contributed by atoms with Crippen LogP contribution in [0, 0.1) is 0 Å². The van der Waals surface area contributed by atoms with Gasteiger partial charge in [0.25, 0.3) is 0 Å². The van der Waals surface area contributed by atoms with Gasteiger partial charge in [0.2, 0.25) is 0 Å². The average molecular weight is 237 g/mol. The van der Waals surface area contributed by atoms with Gasteiger partial charge in [0.05, 0.1) is 5.52 Å². The monoisotopic (exact) mass is 236 g/mol. The second-order valence-corrected chi connectivity index (χ2v) is 4.38. The van der Waals surface area contributed by atoms with Crippen molar-refractivity contribution < 1.29 is 5.11 Å². The van der Waals surface area contributed by atoms with Gasteiger partial charge in [0.15, 0.2) is 0 Å². The third-order valence-electron chi connectivity index (χ3n) is 2.66. The highest BCUT2D eigenvalue weighted by molar-refractivity contribution is 6.32. The standard InChI is InChI=1S/C12H13ClN2O/c1-12(16,7-14)10-9(13)5-4-8-3-2-6-15-11(8)10/h2-6,16H,7,14H2,1H3. The van der Waals surface area contributed by atoms with Crippen molar-refractivity contribution >= 4 is 22.5 Å². The van der Waals surface area contributed by atoms with Gasteiger partial charge in [-0.1, -0.05) is 23.7 Å². The Bertz CT molecular complexity index is 525. The van der Waals surface area contributed by atoms with Gasteiger partial charge in [-0.05, 0) is 19.1 Å². The highest BCUT2D eigenvalue weighted by atomic mass is 35.5. The normalized spacial score (nSPS) is 15.0. The lowest BCUT2D eigenvalue weighted by atomic mass is 9.93. The highest BCUT2D eigenvalue weighted by Crippen LogP contribution is 2.32. The third kappa shape index (κ3) is 1.78. The van der Waals surface area contributed by atoms with E-state index in [9.17, 15) is 5.11 Å². The molecule has 16 heavy (non-hydrogen) atoms. The Hall–Kier alpha value is -1.16. The van der Waals surface area contributed by atoms with E-state index in [4.69, 9.17) is 17.3 Å². The van der Waals surface area contributed by atoms with Crippen molar-refractivity contribution in [3.05, 3.63) is 41.0 Å². The number of hydrogen-bond donors (Lipinski definition) is 2. The van der Waals surface area contributed by atoms with Gasteiger partial charge in [0, 0.05) is 28.7 Å². The summed E-state index contributed by atoms with van der Waals surface area (Å²) in [5.74, 6) is 0. The fourth-order valence-electron chi connectivity index (χ4n) is 1.73. The summed E-state index contributed by atoms with van der Waals surface area (Å²) in [6.07, 6.45) is 1.68. The molecule has 0 bridgehead atoms. The molecule has 0 aliphatic carbocycles. The molecule has 1 aromatic carbocycles. The van der Waals surface area contributed by atoms with Crippen LogP contribution in [-0.4, -0.2) is 16.6 Å². The first-order chi connectivity index (χ1) is 7.56. The van der Waals surface area contributed by atoms with E-state index in [2.05, 4.69) is 4.98 Å². The quantitative estimate of drug-likeness (QED) is 0.839. The zero-order chi connectivity index (χ0) is 11.8. The molecule has 0 fully saturated rings. The molecule has 1 aromatic heterocycles. The van der Waals surface area contributed by atoms with Gasteiger partial charge in [-0.25, -0.2) is 0 Å². The summed E-state index contributed by atoms with van der Waals surface area (Å²) in [4.78, 5) is 4.26. The van der Waals surface area contributed by atoms with E-state index >= 15 is 0 Å². The van der Waals surface area contributed by atoms with Crippen LogP contribution in [0.3, 0.4) is 0 Å². The number of halogens is 1. The van der Waals surface area contributed by atoms with Crippen LogP contribution in [0.25, 0.3) is 10.9 Å². The molecule has 2 aromatic rings. The first kappa shape index (κ1) is 11.3. The molecule has 1 unspecified atom stereocenters. The van der Waals surface area contributed by atoms with Crippen molar-refractivity contribution in [3.63, 3.8) is 0 Å². The summed E-state index contributed by atoms with van der Waals surface area (Å²) in [5.41, 5.74) is 5.69. The van der Waals surface area contributed by atoms with Crippen molar-refractivity contribution in [2.24, 2.45) is 5.73 Å². The summed E-state index contributed by atoms with van der Waals surface area (Å²) < 4.78 is 0. The molecule has 0 amide bonds. The minimum absolute atomic E-state index is 0.0996. The maximum Gasteiger partial charge on any atom is 0.103 e. The summed E-state index contributed by atoms with van der Waals surface area (Å²) in [6, 6.07) is 7.40. The minimum atomic E-state index is -1.16. The predicted octanol–water partition coefficient (Wildman–Crippen LogP) is 2.05. The fourth-order valence-corrected chi connectivity index (χ4v) is 2.09. The minimum Gasteiger partial charge on any atom is -0.384 e. The van der Waals surface area contributed by atoms with E-state index in [1.807, 2.05) is 18.2 Å². The van der Waals surface area contributed by atoms with E-state index in [1.54, 1.807) is 19.2 Å². The van der Waals surface area contributed by atoms with Crippen LogP contribution in [-0.2, 0) is 5.60 Å². The maximum absolute atomic E-state index is 10.2. The van der Waals surface area contributed by atoms with Gasteiger partial charge >= 0.3 is 0 Å². The lowest BCUT2D eigenvalue weighted by molar-refractivity contribution is 0.0683. The number of aliphatic hydroxyl groups is 1. The lowest BCUT2D eigenvalue weighted by Gasteiger charge is -2.24. The van der Waals surface area contributed by atoms with E-state index in [-0.39, 0.29) is 6.54 Å². The number of pyridine rings is 1. The Balaban J connectivity index is 2.81.